The Balaban J connectivity index is 2.30. The molecular weight excluding hydrogens is 352 g/mol. The van der Waals surface area contributed by atoms with Gasteiger partial charge in [0.2, 0.25) is 0 Å². The third kappa shape index (κ3) is 1.95. The number of rotatable bonds is 2. The number of hydrogen-bond acceptors (Lipinski definition) is 4. The molecule has 1 N–H and O–H groups in total. The van der Waals surface area contributed by atoms with Crippen molar-refractivity contribution in [1.82, 2.24) is 9.13 Å². The molecule has 1 atom stereocenters. The number of fused-ring (bicyclic) bond motifs is 2. The first-order valence-corrected chi connectivity index (χ1v) is 8.68. The number of aliphatic hydroxyl groups excluding tert-OH is 1. The summed E-state index contributed by atoms with van der Waals surface area (Å²) in [5.41, 5.74) is -0.380. The molecule has 0 spiro atoms. The van der Waals surface area contributed by atoms with Crippen LogP contribution in [-0.4, -0.2) is 25.1 Å². The summed E-state index contributed by atoms with van der Waals surface area (Å²) in [7, 11) is -1.51. The molecule has 8 heteroatoms. The molecule has 0 fully saturated rings. The van der Waals surface area contributed by atoms with Gasteiger partial charge >= 0.3 is 5.69 Å². The summed E-state index contributed by atoms with van der Waals surface area (Å²) in [5, 5.41) is 9.85. The van der Waals surface area contributed by atoms with Gasteiger partial charge < -0.3 is 5.11 Å². The average molecular weight is 363 g/mol. The monoisotopic (exact) mass is 362 g/mol. The summed E-state index contributed by atoms with van der Waals surface area (Å²) in [5.74, 6) is 0. The van der Waals surface area contributed by atoms with Crippen molar-refractivity contribution in [2.75, 3.05) is 6.61 Å². The van der Waals surface area contributed by atoms with Crippen molar-refractivity contribution in [3.8, 4) is 5.69 Å². The molecule has 4 rings (SSSR count). The van der Waals surface area contributed by atoms with Crippen LogP contribution in [-0.2, 0) is 17.3 Å². The molecule has 0 saturated heterocycles. The number of nitrogens with zero attached hydrogens (tertiary/aromatic N) is 2. The third-order valence-corrected chi connectivity index (χ3v) is 5.71. The van der Waals surface area contributed by atoms with Crippen molar-refractivity contribution in [2.24, 2.45) is 0 Å². The number of aromatic nitrogens is 2. The second-order valence-corrected chi connectivity index (χ2v) is 7.19. The maximum atomic E-state index is 12.9. The number of halogens is 1. The molecule has 1 unspecified atom stereocenters. The molecule has 2 heterocycles. The van der Waals surface area contributed by atoms with E-state index in [0.29, 0.717) is 26.0 Å². The molecule has 0 amide bonds. The second kappa shape index (κ2) is 5.41. The highest BCUT2D eigenvalue weighted by molar-refractivity contribution is 7.85. The summed E-state index contributed by atoms with van der Waals surface area (Å²) < 4.78 is 15.2. The minimum absolute atomic E-state index is 0.114. The zero-order chi connectivity index (χ0) is 17.0. The van der Waals surface area contributed by atoms with Crippen LogP contribution in [0.3, 0.4) is 0 Å². The van der Waals surface area contributed by atoms with Gasteiger partial charge in [-0.25, -0.2) is 9.00 Å². The largest absolute Gasteiger partial charge is 0.395 e. The zero-order valence-electron chi connectivity index (χ0n) is 12.2. The Morgan fingerprint density at radius 3 is 2.67 bits per heavy atom. The van der Waals surface area contributed by atoms with Crippen molar-refractivity contribution >= 4 is 33.3 Å². The highest BCUT2D eigenvalue weighted by atomic mass is 35.5. The van der Waals surface area contributed by atoms with Crippen LogP contribution in [0.4, 0.5) is 0 Å². The average Bonchev–Trinajstić information content (AvgIpc) is 2.57. The predicted octanol–water partition coefficient (Wildman–Crippen LogP) is 1.28. The van der Waals surface area contributed by atoms with E-state index in [-0.39, 0.29) is 18.5 Å². The third-order valence-electron chi connectivity index (χ3n) is 4.01. The van der Waals surface area contributed by atoms with E-state index in [9.17, 15) is 18.9 Å². The highest BCUT2D eigenvalue weighted by Crippen LogP contribution is 2.34. The lowest BCUT2D eigenvalue weighted by Crippen LogP contribution is -2.41. The lowest BCUT2D eigenvalue weighted by molar-refractivity contribution is 0.271. The first-order valence-electron chi connectivity index (χ1n) is 7.15. The van der Waals surface area contributed by atoms with E-state index in [1.807, 2.05) is 0 Å². The molecule has 122 valence electrons. The van der Waals surface area contributed by atoms with E-state index >= 15 is 0 Å². The normalized spacial score (nSPS) is 15.5. The van der Waals surface area contributed by atoms with Gasteiger partial charge in [0.05, 0.1) is 50.3 Å². The van der Waals surface area contributed by atoms with Gasteiger partial charge in [0.15, 0.2) is 0 Å². The number of benzene rings is 2. The van der Waals surface area contributed by atoms with Crippen molar-refractivity contribution in [3.05, 3.63) is 62.3 Å². The molecule has 24 heavy (non-hydrogen) atoms. The Morgan fingerprint density at radius 2 is 1.92 bits per heavy atom. The number of aliphatic hydroxyl groups is 1. The van der Waals surface area contributed by atoms with Crippen LogP contribution in [0.5, 0.6) is 0 Å². The zero-order valence-corrected chi connectivity index (χ0v) is 13.8. The van der Waals surface area contributed by atoms with E-state index in [1.54, 1.807) is 36.4 Å². The molecule has 0 bridgehead atoms. The fourth-order valence-electron chi connectivity index (χ4n) is 2.98. The van der Waals surface area contributed by atoms with Gasteiger partial charge in [-0.15, -0.1) is 0 Å². The Hall–Kier alpha value is -2.22. The highest BCUT2D eigenvalue weighted by Gasteiger charge is 2.27. The molecule has 0 radical (unpaired) electrons. The van der Waals surface area contributed by atoms with Gasteiger partial charge in [-0.1, -0.05) is 17.7 Å². The summed E-state index contributed by atoms with van der Waals surface area (Å²) in [6, 6.07) is 9.64. The van der Waals surface area contributed by atoms with Gasteiger partial charge in [-0.05, 0) is 30.3 Å². The minimum atomic E-state index is -1.51. The van der Waals surface area contributed by atoms with Crippen molar-refractivity contribution < 1.29 is 9.32 Å². The van der Waals surface area contributed by atoms with E-state index in [1.165, 1.54) is 4.57 Å². The molecule has 3 aromatic rings. The second-order valence-electron chi connectivity index (χ2n) is 5.33. The van der Waals surface area contributed by atoms with Gasteiger partial charge in [0.25, 0.3) is 5.56 Å². The van der Waals surface area contributed by atoms with Crippen molar-refractivity contribution in [3.63, 3.8) is 0 Å². The quantitative estimate of drug-likeness (QED) is 0.582. The minimum Gasteiger partial charge on any atom is -0.395 e. The molecule has 1 aromatic heterocycles. The van der Waals surface area contributed by atoms with E-state index in [2.05, 4.69) is 0 Å². The van der Waals surface area contributed by atoms with Crippen LogP contribution in [0, 0.1) is 0 Å². The summed E-state index contributed by atoms with van der Waals surface area (Å²) in [4.78, 5) is 26.3. The number of para-hydroxylation sites is 1. The van der Waals surface area contributed by atoms with Crippen LogP contribution in [0.2, 0.25) is 5.02 Å². The topological polar surface area (TPSA) is 81.3 Å². The lowest BCUT2D eigenvalue weighted by atomic mass is 10.2. The first kappa shape index (κ1) is 15.3. The Morgan fingerprint density at radius 1 is 1.12 bits per heavy atom. The van der Waals surface area contributed by atoms with E-state index < -0.39 is 22.0 Å². The molecular formula is C16H11ClN2O4S. The first-order chi connectivity index (χ1) is 11.5. The molecule has 0 saturated carbocycles. The van der Waals surface area contributed by atoms with Crippen LogP contribution < -0.4 is 11.2 Å². The fourth-order valence-corrected chi connectivity index (χ4v) is 4.50. The van der Waals surface area contributed by atoms with Gasteiger partial charge in [0.1, 0.15) is 0 Å². The van der Waals surface area contributed by atoms with E-state index in [0.717, 1.165) is 4.57 Å². The predicted molar refractivity (Wildman–Crippen MR) is 90.6 cm³/mol. The molecule has 6 nitrogen and oxygen atoms in total. The smallest absolute Gasteiger partial charge is 0.336 e. The fraction of sp³-hybridized carbons (Fsp3) is 0.125. The maximum absolute atomic E-state index is 12.9. The standard InChI is InChI=1S/C16H11ClN2O4S/c17-9-4-5-12-11(8-9)19-14-10(2-1-3-13(14)24(12)23)15(21)18(6-7-20)16(19)22/h1-5,8,20H,6-7H2. The molecule has 0 aliphatic carbocycles. The van der Waals surface area contributed by atoms with Crippen LogP contribution in [0.25, 0.3) is 16.6 Å². The summed E-state index contributed by atoms with van der Waals surface area (Å²) in [6.45, 7) is -0.453. The molecule has 1 aliphatic heterocycles. The van der Waals surface area contributed by atoms with Crippen LogP contribution >= 0.6 is 11.6 Å². The van der Waals surface area contributed by atoms with Crippen molar-refractivity contribution in [1.29, 1.82) is 0 Å². The Labute approximate surface area is 143 Å². The van der Waals surface area contributed by atoms with Crippen LogP contribution in [0.1, 0.15) is 0 Å². The van der Waals surface area contributed by atoms with Crippen molar-refractivity contribution in [2.45, 2.75) is 16.3 Å². The summed E-state index contributed by atoms with van der Waals surface area (Å²) >= 11 is 6.05. The number of hydrogen-bond donors (Lipinski definition) is 1. The van der Waals surface area contributed by atoms with Gasteiger partial charge in [-0.2, -0.15) is 0 Å². The Kier molecular flexibility index (Phi) is 3.45. The molecule has 1 aliphatic rings. The molecule has 2 aromatic carbocycles. The maximum Gasteiger partial charge on any atom is 0.336 e. The van der Waals surface area contributed by atoms with E-state index in [4.69, 9.17) is 11.6 Å². The van der Waals surface area contributed by atoms with Crippen LogP contribution in [0.15, 0.2) is 55.8 Å². The Bertz CT molecular complexity index is 1150. The van der Waals surface area contributed by atoms with Gasteiger partial charge in [0, 0.05) is 5.02 Å². The SMILES string of the molecule is O=c1c2cccc3c2n(c(=O)n1CCO)-c1cc(Cl)ccc1S3=O. The lowest BCUT2D eigenvalue weighted by Gasteiger charge is -2.22. The van der Waals surface area contributed by atoms with Gasteiger partial charge in [-0.3, -0.25) is 13.9 Å². The summed E-state index contributed by atoms with van der Waals surface area (Å²) in [6.07, 6.45) is 0.